The first-order valence-corrected chi connectivity index (χ1v) is 6.53. The molecular weight excluding hydrogens is 267 g/mol. The highest BCUT2D eigenvalue weighted by molar-refractivity contribution is 7.13. The van der Waals surface area contributed by atoms with Crippen molar-refractivity contribution in [3.05, 3.63) is 40.8 Å². The summed E-state index contributed by atoms with van der Waals surface area (Å²) in [7, 11) is 0. The van der Waals surface area contributed by atoms with Crippen LogP contribution in [0, 0.1) is 12.7 Å². The number of carbonyl (C=O) groups excluding carboxylic acids is 1. The number of hydrogen-bond acceptors (Lipinski definition) is 4. The number of halogens is 1. The first-order valence-electron chi connectivity index (χ1n) is 5.65. The molecule has 6 heteroatoms. The number of benzene rings is 1. The molecule has 1 atom stereocenters. The monoisotopic (exact) mass is 280 g/mol. The highest BCUT2D eigenvalue weighted by atomic mass is 32.1. The minimum Gasteiger partial charge on any atom is -0.442 e. The predicted octanol–water partition coefficient (Wildman–Crippen LogP) is 3.41. The van der Waals surface area contributed by atoms with E-state index >= 15 is 0 Å². The Morgan fingerprint density at radius 3 is 2.79 bits per heavy atom. The molecule has 0 fully saturated rings. The van der Waals surface area contributed by atoms with Crippen molar-refractivity contribution in [1.29, 1.82) is 0 Å². The number of carbonyl (C=O) groups is 1. The van der Waals surface area contributed by atoms with Gasteiger partial charge in [0.15, 0.2) is 0 Å². The number of ether oxygens (including phenoxy) is 1. The second kappa shape index (κ2) is 5.36. The quantitative estimate of drug-likeness (QED) is 0.936. The van der Waals surface area contributed by atoms with Crippen molar-refractivity contribution in [1.82, 2.24) is 4.98 Å². The van der Waals surface area contributed by atoms with E-state index in [4.69, 9.17) is 10.5 Å². The van der Waals surface area contributed by atoms with E-state index in [1.54, 1.807) is 24.6 Å². The third-order valence-electron chi connectivity index (χ3n) is 2.74. The van der Waals surface area contributed by atoms with E-state index in [1.807, 2.05) is 6.92 Å². The van der Waals surface area contributed by atoms with Gasteiger partial charge in [-0.1, -0.05) is 12.1 Å². The number of hydrogen-bond donors (Lipinski definition) is 1. The van der Waals surface area contributed by atoms with Gasteiger partial charge in [0.25, 0.3) is 0 Å². The summed E-state index contributed by atoms with van der Waals surface area (Å²) in [5, 5.41) is 0. The molecule has 0 radical (unpaired) electrons. The maximum Gasteiger partial charge on any atom is 0.405 e. The van der Waals surface area contributed by atoms with E-state index in [0.29, 0.717) is 5.56 Å². The smallest absolute Gasteiger partial charge is 0.405 e. The largest absolute Gasteiger partial charge is 0.442 e. The molecule has 1 heterocycles. The van der Waals surface area contributed by atoms with E-state index in [9.17, 15) is 9.18 Å². The highest BCUT2D eigenvalue weighted by Crippen LogP contribution is 2.30. The summed E-state index contributed by atoms with van der Waals surface area (Å²) in [4.78, 5) is 15.7. The molecule has 2 N–H and O–H groups in total. The van der Waals surface area contributed by atoms with Crippen molar-refractivity contribution >= 4 is 17.4 Å². The summed E-state index contributed by atoms with van der Waals surface area (Å²) in [6.45, 7) is 3.44. The first-order chi connectivity index (χ1) is 8.99. The molecule has 0 aliphatic rings. The summed E-state index contributed by atoms with van der Waals surface area (Å²) in [6.07, 6.45) is -1.64. The van der Waals surface area contributed by atoms with Crippen LogP contribution in [0.15, 0.2) is 23.7 Å². The lowest BCUT2D eigenvalue weighted by Gasteiger charge is -2.13. The van der Waals surface area contributed by atoms with Gasteiger partial charge in [-0.05, 0) is 25.5 Å². The van der Waals surface area contributed by atoms with Gasteiger partial charge < -0.3 is 10.5 Å². The topological polar surface area (TPSA) is 65.2 Å². The van der Waals surface area contributed by atoms with Crippen molar-refractivity contribution in [2.24, 2.45) is 5.73 Å². The van der Waals surface area contributed by atoms with Gasteiger partial charge in [0.1, 0.15) is 11.9 Å². The molecule has 0 spiro atoms. The van der Waals surface area contributed by atoms with E-state index in [1.165, 1.54) is 17.4 Å². The molecule has 0 saturated carbocycles. The Morgan fingerprint density at radius 2 is 2.26 bits per heavy atom. The molecule has 19 heavy (non-hydrogen) atoms. The Balaban J connectivity index is 2.32. The average molecular weight is 280 g/mol. The molecule has 1 amide bonds. The molecule has 0 aliphatic carbocycles. The Morgan fingerprint density at radius 1 is 1.53 bits per heavy atom. The van der Waals surface area contributed by atoms with Crippen LogP contribution in [-0.4, -0.2) is 11.1 Å². The van der Waals surface area contributed by atoms with Gasteiger partial charge in [0, 0.05) is 5.56 Å². The molecule has 1 aromatic heterocycles. The Bertz CT molecular complexity index is 612. The second-order valence-electron chi connectivity index (χ2n) is 4.08. The lowest BCUT2D eigenvalue weighted by atomic mass is 10.1. The predicted molar refractivity (Wildman–Crippen MR) is 71.3 cm³/mol. The minimum atomic E-state index is -0.922. The Hall–Kier alpha value is -1.95. The van der Waals surface area contributed by atoms with Crippen molar-refractivity contribution in [2.75, 3.05) is 0 Å². The minimum absolute atomic E-state index is 0.296. The standard InChI is InChI=1S/C13H13FN2O2S/c1-7-12(19-6-16-7)9-3-4-10(11(14)5-9)8(2)18-13(15)17/h3-6,8H,1-2H3,(H2,15,17). The van der Waals surface area contributed by atoms with E-state index in [2.05, 4.69) is 4.98 Å². The van der Waals surface area contributed by atoms with Gasteiger partial charge in [-0.3, -0.25) is 0 Å². The van der Waals surface area contributed by atoms with Crippen LogP contribution >= 0.6 is 11.3 Å². The molecule has 100 valence electrons. The zero-order valence-electron chi connectivity index (χ0n) is 10.5. The van der Waals surface area contributed by atoms with Crippen molar-refractivity contribution < 1.29 is 13.9 Å². The summed E-state index contributed by atoms with van der Waals surface area (Å²) in [5.74, 6) is -0.431. The van der Waals surface area contributed by atoms with Crippen LogP contribution in [0.25, 0.3) is 10.4 Å². The van der Waals surface area contributed by atoms with Crippen LogP contribution in [0.3, 0.4) is 0 Å². The molecule has 2 aromatic rings. The number of aromatic nitrogens is 1. The van der Waals surface area contributed by atoms with Gasteiger partial charge in [-0.25, -0.2) is 14.2 Å². The maximum atomic E-state index is 14.0. The molecule has 2 rings (SSSR count). The van der Waals surface area contributed by atoms with Crippen LogP contribution in [-0.2, 0) is 4.74 Å². The Labute approximate surface area is 114 Å². The fraction of sp³-hybridized carbons (Fsp3) is 0.231. The third-order valence-corrected chi connectivity index (χ3v) is 3.72. The zero-order valence-corrected chi connectivity index (χ0v) is 11.3. The van der Waals surface area contributed by atoms with E-state index in [0.717, 1.165) is 16.1 Å². The summed E-state index contributed by atoms with van der Waals surface area (Å²) >= 11 is 1.45. The van der Waals surface area contributed by atoms with E-state index in [-0.39, 0.29) is 0 Å². The van der Waals surface area contributed by atoms with Crippen LogP contribution < -0.4 is 5.73 Å². The number of thiazole rings is 1. The fourth-order valence-corrected chi connectivity index (χ4v) is 2.62. The molecular formula is C13H13FN2O2S. The first kappa shape index (κ1) is 13.5. The van der Waals surface area contributed by atoms with Gasteiger partial charge in [0.2, 0.25) is 0 Å². The molecule has 0 aliphatic heterocycles. The summed E-state index contributed by atoms with van der Waals surface area (Å²) in [5.41, 5.74) is 8.55. The maximum absolute atomic E-state index is 14.0. The second-order valence-corrected chi connectivity index (χ2v) is 4.94. The number of rotatable bonds is 3. The fourth-order valence-electron chi connectivity index (χ4n) is 1.81. The van der Waals surface area contributed by atoms with Gasteiger partial charge in [-0.2, -0.15) is 0 Å². The van der Waals surface area contributed by atoms with Crippen LogP contribution in [0.4, 0.5) is 9.18 Å². The highest BCUT2D eigenvalue weighted by Gasteiger charge is 2.15. The zero-order chi connectivity index (χ0) is 14.0. The summed E-state index contributed by atoms with van der Waals surface area (Å²) in [6, 6.07) is 4.79. The lowest BCUT2D eigenvalue weighted by molar-refractivity contribution is 0.114. The average Bonchev–Trinajstić information content (AvgIpc) is 2.74. The van der Waals surface area contributed by atoms with Crippen LogP contribution in [0.1, 0.15) is 24.3 Å². The molecule has 0 saturated heterocycles. The van der Waals surface area contributed by atoms with Crippen LogP contribution in [0.2, 0.25) is 0 Å². The van der Waals surface area contributed by atoms with E-state index < -0.39 is 18.0 Å². The third kappa shape index (κ3) is 2.90. The summed E-state index contributed by atoms with van der Waals surface area (Å²) < 4.78 is 18.8. The number of aryl methyl sites for hydroxylation is 1. The van der Waals surface area contributed by atoms with Gasteiger partial charge >= 0.3 is 6.09 Å². The number of primary amides is 1. The number of nitrogens with zero attached hydrogens (tertiary/aromatic N) is 1. The van der Waals surface area contributed by atoms with Crippen LogP contribution in [0.5, 0.6) is 0 Å². The van der Waals surface area contributed by atoms with Crippen molar-refractivity contribution in [3.63, 3.8) is 0 Å². The molecule has 1 aromatic carbocycles. The normalized spacial score (nSPS) is 12.2. The van der Waals surface area contributed by atoms with Gasteiger partial charge in [0.05, 0.1) is 16.1 Å². The van der Waals surface area contributed by atoms with Crippen molar-refractivity contribution in [3.8, 4) is 10.4 Å². The molecule has 0 bridgehead atoms. The number of nitrogens with two attached hydrogens (primary N) is 1. The van der Waals surface area contributed by atoms with Crippen molar-refractivity contribution in [2.45, 2.75) is 20.0 Å². The SMILES string of the molecule is Cc1ncsc1-c1ccc(C(C)OC(N)=O)c(F)c1. The molecule has 4 nitrogen and oxygen atoms in total. The number of amides is 1. The lowest BCUT2D eigenvalue weighted by Crippen LogP contribution is -2.16. The Kier molecular flexibility index (Phi) is 3.80. The molecule has 1 unspecified atom stereocenters. The van der Waals surface area contributed by atoms with Gasteiger partial charge in [-0.15, -0.1) is 11.3 Å².